The average molecular weight is 328 g/mol. The first-order valence-electron chi connectivity index (χ1n) is 9.20. The van der Waals surface area contributed by atoms with Crippen LogP contribution in [0.25, 0.3) is 0 Å². The minimum Gasteiger partial charge on any atom is -0.454 e. The summed E-state index contributed by atoms with van der Waals surface area (Å²) in [6.07, 6.45) is 5.46. The molecule has 2 atom stereocenters. The van der Waals surface area contributed by atoms with Crippen molar-refractivity contribution in [2.75, 3.05) is 19.9 Å². The van der Waals surface area contributed by atoms with Crippen LogP contribution in [0.15, 0.2) is 18.2 Å². The van der Waals surface area contributed by atoms with Crippen LogP contribution >= 0.6 is 0 Å². The van der Waals surface area contributed by atoms with Gasteiger partial charge < -0.3 is 14.4 Å². The van der Waals surface area contributed by atoms with Gasteiger partial charge in [-0.3, -0.25) is 9.69 Å². The molecule has 4 aliphatic rings. The van der Waals surface area contributed by atoms with Crippen molar-refractivity contribution in [3.05, 3.63) is 23.8 Å². The number of fused-ring (bicyclic) bond motifs is 2. The number of ether oxygens (including phenoxy) is 2. The molecule has 24 heavy (non-hydrogen) atoms. The Morgan fingerprint density at radius 1 is 1.04 bits per heavy atom. The summed E-state index contributed by atoms with van der Waals surface area (Å²) < 4.78 is 10.9. The molecular formula is C19H24N2O3. The molecule has 0 radical (unpaired) electrons. The van der Waals surface area contributed by atoms with Gasteiger partial charge in [0.05, 0.1) is 0 Å². The van der Waals surface area contributed by atoms with Gasteiger partial charge in [0.15, 0.2) is 11.5 Å². The fraction of sp³-hybridized carbons (Fsp3) is 0.632. The van der Waals surface area contributed by atoms with Gasteiger partial charge in [0.25, 0.3) is 0 Å². The van der Waals surface area contributed by atoms with E-state index in [1.54, 1.807) is 0 Å². The van der Waals surface area contributed by atoms with E-state index in [4.69, 9.17) is 9.47 Å². The van der Waals surface area contributed by atoms with Gasteiger partial charge in [-0.2, -0.15) is 0 Å². The Balaban J connectivity index is 1.30. The molecule has 3 aliphatic heterocycles. The number of hydrogen-bond acceptors (Lipinski definition) is 4. The minimum atomic E-state index is 0.325. The average Bonchev–Trinajstić information content (AvgIpc) is 3.13. The maximum atomic E-state index is 12.4. The second kappa shape index (κ2) is 5.66. The number of piperidine rings is 1. The zero-order chi connectivity index (χ0) is 16.1. The molecule has 5 heteroatoms. The molecule has 5 rings (SSSR count). The van der Waals surface area contributed by atoms with E-state index in [2.05, 4.69) is 21.9 Å². The first-order chi connectivity index (χ1) is 11.8. The molecule has 3 fully saturated rings. The maximum Gasteiger partial charge on any atom is 0.231 e. The summed E-state index contributed by atoms with van der Waals surface area (Å²) in [6, 6.07) is 7.20. The number of carbonyl (C=O) groups is 1. The Morgan fingerprint density at radius 2 is 1.92 bits per heavy atom. The van der Waals surface area contributed by atoms with Crippen molar-refractivity contribution < 1.29 is 14.3 Å². The summed E-state index contributed by atoms with van der Waals surface area (Å²) >= 11 is 0. The zero-order valence-corrected chi connectivity index (χ0v) is 13.9. The molecule has 5 nitrogen and oxygen atoms in total. The van der Waals surface area contributed by atoms with Crippen molar-refractivity contribution >= 4 is 5.91 Å². The molecule has 0 spiro atoms. The van der Waals surface area contributed by atoms with Crippen LogP contribution in [-0.2, 0) is 11.3 Å². The topological polar surface area (TPSA) is 42.0 Å². The smallest absolute Gasteiger partial charge is 0.231 e. The number of benzene rings is 1. The van der Waals surface area contributed by atoms with Crippen molar-refractivity contribution in [2.24, 2.45) is 5.92 Å². The molecule has 2 saturated heterocycles. The maximum absolute atomic E-state index is 12.4. The summed E-state index contributed by atoms with van der Waals surface area (Å²) in [5, 5.41) is 0. The molecule has 0 N–H and O–H groups in total. The van der Waals surface area contributed by atoms with Crippen LogP contribution in [0.4, 0.5) is 0 Å². The van der Waals surface area contributed by atoms with Gasteiger partial charge in [0.1, 0.15) is 0 Å². The molecule has 3 heterocycles. The number of hydrogen-bond donors (Lipinski definition) is 0. The van der Waals surface area contributed by atoms with E-state index >= 15 is 0 Å². The molecule has 128 valence electrons. The van der Waals surface area contributed by atoms with Gasteiger partial charge in [0, 0.05) is 38.1 Å². The van der Waals surface area contributed by atoms with Gasteiger partial charge in [-0.1, -0.05) is 6.07 Å². The van der Waals surface area contributed by atoms with E-state index < -0.39 is 0 Å². The zero-order valence-electron chi connectivity index (χ0n) is 13.9. The molecule has 0 bridgehead atoms. The highest BCUT2D eigenvalue weighted by molar-refractivity contribution is 5.77. The lowest BCUT2D eigenvalue weighted by Gasteiger charge is -2.40. The van der Waals surface area contributed by atoms with Crippen LogP contribution in [0.1, 0.15) is 37.7 Å². The highest BCUT2D eigenvalue weighted by Gasteiger charge is 2.44. The minimum absolute atomic E-state index is 0.325. The van der Waals surface area contributed by atoms with Crippen molar-refractivity contribution in [1.82, 2.24) is 9.80 Å². The Kier molecular flexibility index (Phi) is 3.44. The van der Waals surface area contributed by atoms with Gasteiger partial charge in [-0.15, -0.1) is 0 Å². The molecule has 0 aromatic heterocycles. The first kappa shape index (κ1) is 14.6. The predicted octanol–water partition coefficient (Wildman–Crippen LogP) is 2.39. The Morgan fingerprint density at radius 3 is 2.79 bits per heavy atom. The second-order valence-electron chi connectivity index (χ2n) is 7.61. The fourth-order valence-electron chi connectivity index (χ4n) is 4.52. The Labute approximate surface area is 142 Å². The number of carbonyl (C=O) groups excluding carboxylic acids is 1. The van der Waals surface area contributed by atoms with E-state index in [0.717, 1.165) is 49.9 Å². The Bertz CT molecular complexity index is 658. The standard InChI is InChI=1S/C19H24N2O3/c22-19-6-4-15-16(21(19)11-13-1-2-13)7-8-20(15)10-14-3-5-17-18(9-14)24-12-23-17/h3,5,9,13,15-16H,1-2,4,6-8,10-12H2/t15-,16-/m0/s1. The van der Waals surface area contributed by atoms with E-state index in [0.29, 0.717) is 31.2 Å². The normalized spacial score (nSPS) is 29.2. The molecule has 1 aromatic carbocycles. The third-order valence-corrected chi connectivity index (χ3v) is 5.97. The lowest BCUT2D eigenvalue weighted by Crippen LogP contribution is -2.52. The largest absolute Gasteiger partial charge is 0.454 e. The van der Waals surface area contributed by atoms with Crippen LogP contribution < -0.4 is 9.47 Å². The molecule has 1 aliphatic carbocycles. The molecule has 1 aromatic rings. The SMILES string of the molecule is O=C1CC[C@H]2[C@H](CCN2Cc2ccc3c(c2)OCO3)N1CC1CC1. The summed E-state index contributed by atoms with van der Waals surface area (Å²) in [7, 11) is 0. The van der Waals surface area contributed by atoms with E-state index in [-0.39, 0.29) is 0 Å². The van der Waals surface area contributed by atoms with Gasteiger partial charge in [0.2, 0.25) is 12.7 Å². The fourth-order valence-corrected chi connectivity index (χ4v) is 4.52. The highest BCUT2D eigenvalue weighted by atomic mass is 16.7. The van der Waals surface area contributed by atoms with Crippen molar-refractivity contribution in [2.45, 2.75) is 50.7 Å². The summed E-state index contributed by atoms with van der Waals surface area (Å²) in [6.45, 7) is 3.34. The highest BCUT2D eigenvalue weighted by Crippen LogP contribution is 2.38. The van der Waals surface area contributed by atoms with Crippen LogP contribution in [0.3, 0.4) is 0 Å². The second-order valence-corrected chi connectivity index (χ2v) is 7.61. The third-order valence-electron chi connectivity index (χ3n) is 5.97. The van der Waals surface area contributed by atoms with E-state index in [1.165, 1.54) is 18.4 Å². The van der Waals surface area contributed by atoms with Gasteiger partial charge in [-0.25, -0.2) is 0 Å². The third kappa shape index (κ3) is 2.55. The van der Waals surface area contributed by atoms with E-state index in [1.807, 2.05) is 6.07 Å². The van der Waals surface area contributed by atoms with Crippen LogP contribution in [0.5, 0.6) is 11.5 Å². The van der Waals surface area contributed by atoms with Gasteiger partial charge in [-0.05, 0) is 49.3 Å². The monoisotopic (exact) mass is 328 g/mol. The lowest BCUT2D eigenvalue weighted by molar-refractivity contribution is -0.138. The number of nitrogens with zero attached hydrogens (tertiary/aromatic N) is 2. The van der Waals surface area contributed by atoms with Crippen molar-refractivity contribution in [1.29, 1.82) is 0 Å². The van der Waals surface area contributed by atoms with Crippen molar-refractivity contribution in [3.63, 3.8) is 0 Å². The molecular weight excluding hydrogens is 304 g/mol. The number of amides is 1. The quantitative estimate of drug-likeness (QED) is 0.851. The lowest BCUT2D eigenvalue weighted by atomic mass is 9.95. The predicted molar refractivity (Wildman–Crippen MR) is 88.8 cm³/mol. The number of rotatable bonds is 4. The molecule has 1 saturated carbocycles. The van der Waals surface area contributed by atoms with Crippen LogP contribution in [0.2, 0.25) is 0 Å². The number of likely N-dealkylation sites (tertiary alicyclic amines) is 2. The molecule has 1 amide bonds. The van der Waals surface area contributed by atoms with Crippen molar-refractivity contribution in [3.8, 4) is 11.5 Å². The Hall–Kier alpha value is -1.75. The summed E-state index contributed by atoms with van der Waals surface area (Å²) in [5.41, 5.74) is 1.27. The summed E-state index contributed by atoms with van der Waals surface area (Å²) in [5.74, 6) is 2.86. The van der Waals surface area contributed by atoms with Crippen LogP contribution in [-0.4, -0.2) is 47.7 Å². The first-order valence-corrected chi connectivity index (χ1v) is 9.20. The summed E-state index contributed by atoms with van der Waals surface area (Å²) in [4.78, 5) is 17.1. The molecule has 0 unspecified atom stereocenters. The van der Waals surface area contributed by atoms with Gasteiger partial charge >= 0.3 is 0 Å². The van der Waals surface area contributed by atoms with E-state index in [9.17, 15) is 4.79 Å². The van der Waals surface area contributed by atoms with Crippen LogP contribution in [0, 0.1) is 5.92 Å².